The van der Waals surface area contributed by atoms with Crippen molar-refractivity contribution < 1.29 is 14.3 Å². The van der Waals surface area contributed by atoms with Crippen molar-refractivity contribution >= 4 is 23.2 Å². The van der Waals surface area contributed by atoms with Gasteiger partial charge in [-0.3, -0.25) is 9.59 Å². The maximum Gasteiger partial charge on any atom is 0.325 e. The van der Waals surface area contributed by atoms with E-state index in [1.807, 2.05) is 26.8 Å². The van der Waals surface area contributed by atoms with E-state index in [-0.39, 0.29) is 19.1 Å². The van der Waals surface area contributed by atoms with E-state index in [2.05, 4.69) is 0 Å². The van der Waals surface area contributed by atoms with E-state index in [9.17, 15) is 9.59 Å². The molecule has 0 radical (unpaired) electrons. The molecule has 1 amide bonds. The minimum Gasteiger partial charge on any atom is -0.465 e. The molecular weight excluding hydrogens is 276 g/mol. The van der Waals surface area contributed by atoms with E-state index < -0.39 is 11.5 Å². The normalized spacial score (nSPS) is 10.8. The molecule has 0 atom stereocenters. The Kier molecular flexibility index (Phi) is 5.28. The second-order valence-electron chi connectivity index (χ2n) is 5.18. The van der Waals surface area contributed by atoms with E-state index in [4.69, 9.17) is 10.00 Å². The minimum absolute atomic E-state index is 0.101. The summed E-state index contributed by atoms with van der Waals surface area (Å²) in [6, 6.07) is 3.53. The number of hydrogen-bond acceptors (Lipinski definition) is 5. The van der Waals surface area contributed by atoms with E-state index in [1.165, 1.54) is 22.3 Å². The lowest BCUT2D eigenvalue weighted by Crippen LogP contribution is -2.48. The molecule has 108 valence electrons. The van der Waals surface area contributed by atoms with Crippen LogP contribution in [0.15, 0.2) is 11.4 Å². The summed E-state index contributed by atoms with van der Waals surface area (Å²) in [7, 11) is 0. The van der Waals surface area contributed by atoms with Crippen molar-refractivity contribution in [3.05, 3.63) is 21.9 Å². The number of carbonyl (C=O) groups excluding carboxylic acids is 2. The lowest BCUT2D eigenvalue weighted by Gasteiger charge is -2.34. The number of nitriles is 1. The molecule has 5 nitrogen and oxygen atoms in total. The van der Waals surface area contributed by atoms with Gasteiger partial charge in [0.15, 0.2) is 0 Å². The van der Waals surface area contributed by atoms with Gasteiger partial charge in [-0.05, 0) is 33.8 Å². The molecule has 0 aromatic carbocycles. The third-order valence-electron chi connectivity index (χ3n) is 2.59. The van der Waals surface area contributed by atoms with Gasteiger partial charge in [0.05, 0.1) is 17.0 Å². The molecule has 1 aromatic heterocycles. The Morgan fingerprint density at radius 3 is 2.55 bits per heavy atom. The summed E-state index contributed by atoms with van der Waals surface area (Å²) in [5.41, 5.74) is -0.0657. The zero-order chi connectivity index (χ0) is 15.3. The highest BCUT2D eigenvalue weighted by molar-refractivity contribution is 7.12. The Hall–Kier alpha value is -1.87. The van der Waals surface area contributed by atoms with Crippen LogP contribution < -0.4 is 0 Å². The minimum atomic E-state index is -0.513. The monoisotopic (exact) mass is 294 g/mol. The molecule has 0 saturated carbocycles. The van der Waals surface area contributed by atoms with Gasteiger partial charge in [0.2, 0.25) is 0 Å². The van der Waals surface area contributed by atoms with E-state index >= 15 is 0 Å². The van der Waals surface area contributed by atoms with E-state index in [1.54, 1.807) is 12.3 Å². The van der Waals surface area contributed by atoms with Gasteiger partial charge in [-0.25, -0.2) is 0 Å². The topological polar surface area (TPSA) is 70.4 Å². The SMILES string of the molecule is CCOC(=O)CN(C(=O)c1cc(C#N)cs1)C(C)(C)C. The Labute approximate surface area is 122 Å². The molecule has 6 heteroatoms. The van der Waals surface area contributed by atoms with Crippen molar-refractivity contribution in [3.8, 4) is 6.07 Å². The Balaban J connectivity index is 2.96. The van der Waals surface area contributed by atoms with Crippen LogP contribution >= 0.6 is 11.3 Å². The maximum absolute atomic E-state index is 12.5. The van der Waals surface area contributed by atoms with Gasteiger partial charge >= 0.3 is 5.97 Å². The number of rotatable bonds is 4. The predicted molar refractivity (Wildman–Crippen MR) is 76.5 cm³/mol. The molecule has 0 aliphatic carbocycles. The van der Waals surface area contributed by atoms with Gasteiger partial charge in [-0.2, -0.15) is 5.26 Å². The smallest absolute Gasteiger partial charge is 0.325 e. The summed E-state index contributed by atoms with van der Waals surface area (Å²) in [5, 5.41) is 10.4. The zero-order valence-corrected chi connectivity index (χ0v) is 12.9. The fourth-order valence-corrected chi connectivity index (χ4v) is 2.37. The first-order valence-electron chi connectivity index (χ1n) is 6.25. The first-order valence-corrected chi connectivity index (χ1v) is 7.13. The van der Waals surface area contributed by atoms with Crippen molar-refractivity contribution in [2.75, 3.05) is 13.2 Å². The summed E-state index contributed by atoms with van der Waals surface area (Å²) in [4.78, 5) is 26.0. The number of amides is 1. The van der Waals surface area contributed by atoms with Gasteiger partial charge in [-0.1, -0.05) is 0 Å². The third kappa shape index (κ3) is 4.07. The molecule has 0 aliphatic rings. The van der Waals surface area contributed by atoms with Crippen LogP contribution in [-0.4, -0.2) is 35.5 Å². The van der Waals surface area contributed by atoms with Crippen molar-refractivity contribution in [1.82, 2.24) is 4.90 Å². The first-order chi connectivity index (χ1) is 9.29. The molecule has 1 aromatic rings. The van der Waals surface area contributed by atoms with Crippen LogP contribution in [0.1, 0.15) is 42.9 Å². The van der Waals surface area contributed by atoms with Crippen LogP contribution in [0, 0.1) is 11.3 Å². The van der Waals surface area contributed by atoms with Gasteiger partial charge < -0.3 is 9.64 Å². The summed E-state index contributed by atoms with van der Waals surface area (Å²) in [6.07, 6.45) is 0. The second-order valence-corrected chi connectivity index (χ2v) is 6.09. The summed E-state index contributed by atoms with van der Waals surface area (Å²) in [6.45, 7) is 7.45. The summed E-state index contributed by atoms with van der Waals surface area (Å²) in [5.74, 6) is -0.704. The van der Waals surface area contributed by atoms with Crippen LogP contribution in [0.25, 0.3) is 0 Å². The van der Waals surface area contributed by atoms with Gasteiger partial charge in [0.1, 0.15) is 12.6 Å². The molecule has 20 heavy (non-hydrogen) atoms. The fourth-order valence-electron chi connectivity index (χ4n) is 1.59. The average Bonchev–Trinajstić information content (AvgIpc) is 2.83. The fraction of sp³-hybridized carbons (Fsp3) is 0.500. The van der Waals surface area contributed by atoms with E-state index in [0.29, 0.717) is 10.4 Å². The largest absolute Gasteiger partial charge is 0.465 e. The highest BCUT2D eigenvalue weighted by Crippen LogP contribution is 2.21. The Morgan fingerprint density at radius 2 is 2.10 bits per heavy atom. The first kappa shape index (κ1) is 16.2. The lowest BCUT2D eigenvalue weighted by atomic mass is 10.1. The number of esters is 1. The van der Waals surface area contributed by atoms with Crippen molar-refractivity contribution in [3.63, 3.8) is 0 Å². The second kappa shape index (κ2) is 6.53. The number of thiophene rings is 1. The van der Waals surface area contributed by atoms with Gasteiger partial charge in [-0.15, -0.1) is 11.3 Å². The number of hydrogen-bond donors (Lipinski definition) is 0. The molecule has 0 aliphatic heterocycles. The van der Waals surface area contributed by atoms with Crippen LogP contribution in [0.5, 0.6) is 0 Å². The highest BCUT2D eigenvalue weighted by atomic mass is 32.1. The van der Waals surface area contributed by atoms with Crippen LogP contribution in [0.4, 0.5) is 0 Å². The Morgan fingerprint density at radius 1 is 1.45 bits per heavy atom. The number of nitrogens with zero attached hydrogens (tertiary/aromatic N) is 2. The average molecular weight is 294 g/mol. The van der Waals surface area contributed by atoms with Gasteiger partial charge in [0.25, 0.3) is 5.91 Å². The zero-order valence-electron chi connectivity index (χ0n) is 12.1. The molecule has 0 unspecified atom stereocenters. The quantitative estimate of drug-likeness (QED) is 0.800. The molecular formula is C14H18N2O3S. The van der Waals surface area contributed by atoms with Gasteiger partial charge in [0, 0.05) is 10.9 Å². The number of ether oxygens (including phenoxy) is 1. The van der Waals surface area contributed by atoms with Crippen LogP contribution in [0.2, 0.25) is 0 Å². The molecule has 1 rings (SSSR count). The van der Waals surface area contributed by atoms with Crippen LogP contribution in [-0.2, 0) is 9.53 Å². The molecule has 0 bridgehead atoms. The summed E-state index contributed by atoms with van der Waals surface area (Å²) < 4.78 is 4.90. The maximum atomic E-state index is 12.5. The van der Waals surface area contributed by atoms with Crippen LogP contribution in [0.3, 0.4) is 0 Å². The lowest BCUT2D eigenvalue weighted by molar-refractivity contribution is -0.144. The highest BCUT2D eigenvalue weighted by Gasteiger charge is 2.30. The summed E-state index contributed by atoms with van der Waals surface area (Å²) >= 11 is 1.20. The molecule has 0 N–H and O–H groups in total. The van der Waals surface area contributed by atoms with Crippen molar-refractivity contribution in [2.45, 2.75) is 33.2 Å². The molecule has 0 saturated heterocycles. The standard InChI is InChI=1S/C14H18N2O3S/c1-5-19-12(17)8-16(14(2,3)4)13(18)11-6-10(7-15)9-20-11/h6,9H,5,8H2,1-4H3. The van der Waals surface area contributed by atoms with Crippen molar-refractivity contribution in [1.29, 1.82) is 5.26 Å². The predicted octanol–water partition coefficient (Wildman–Crippen LogP) is 2.42. The van der Waals surface area contributed by atoms with E-state index in [0.717, 1.165) is 0 Å². The Bertz CT molecular complexity index is 537. The molecule has 1 heterocycles. The number of carbonyl (C=O) groups is 2. The third-order valence-corrected chi connectivity index (χ3v) is 3.50. The molecule has 0 spiro atoms. The van der Waals surface area contributed by atoms with Crippen molar-refractivity contribution in [2.24, 2.45) is 0 Å². The molecule has 0 fully saturated rings.